The Morgan fingerprint density at radius 2 is 1.89 bits per heavy atom. The van der Waals surface area contributed by atoms with Gasteiger partial charge in [-0.25, -0.2) is 13.2 Å². The largest absolute Gasteiger partial charge is 0.493 e. The standard InChI is InChI=1S/C27H23ClF3NO5/c1-27(11-15-6-7-19(28)21(30)8-15)12-18-9-17(10-22(36-2)25(18)37-27)26(35)32(14-23(33)34)13-16-4-3-5-20(29)24(16)31/h3-10H,11-14H2,1-2H3,(H,33,34)/t27-/m1/s1. The first-order valence-electron chi connectivity index (χ1n) is 11.3. The summed E-state index contributed by atoms with van der Waals surface area (Å²) in [6.07, 6.45) is 0.688. The summed E-state index contributed by atoms with van der Waals surface area (Å²) < 4.78 is 53.5. The van der Waals surface area contributed by atoms with Crippen molar-refractivity contribution in [2.24, 2.45) is 0 Å². The van der Waals surface area contributed by atoms with Crippen LogP contribution in [0.15, 0.2) is 48.5 Å². The van der Waals surface area contributed by atoms with Crippen molar-refractivity contribution in [1.82, 2.24) is 4.90 Å². The molecule has 0 spiro atoms. The third-order valence-corrected chi connectivity index (χ3v) is 6.39. The number of aliphatic carboxylic acids is 1. The van der Waals surface area contributed by atoms with Gasteiger partial charge in [-0.15, -0.1) is 0 Å². The molecule has 6 nitrogen and oxygen atoms in total. The monoisotopic (exact) mass is 533 g/mol. The highest BCUT2D eigenvalue weighted by molar-refractivity contribution is 6.30. The van der Waals surface area contributed by atoms with Gasteiger partial charge in [-0.3, -0.25) is 9.59 Å². The van der Waals surface area contributed by atoms with E-state index < -0.39 is 48.0 Å². The minimum atomic E-state index is -1.32. The number of carbonyl (C=O) groups is 2. The van der Waals surface area contributed by atoms with E-state index in [-0.39, 0.29) is 21.9 Å². The number of carboxylic acids is 1. The van der Waals surface area contributed by atoms with Crippen LogP contribution in [0, 0.1) is 17.5 Å². The number of hydrogen-bond acceptors (Lipinski definition) is 4. The Labute approximate surface area is 216 Å². The Bertz CT molecular complexity index is 1380. The first-order valence-corrected chi connectivity index (χ1v) is 11.7. The molecule has 4 rings (SSSR count). The third kappa shape index (κ3) is 5.67. The van der Waals surface area contributed by atoms with Gasteiger partial charge in [-0.2, -0.15) is 0 Å². The third-order valence-electron chi connectivity index (χ3n) is 6.08. The molecule has 0 unspecified atom stereocenters. The van der Waals surface area contributed by atoms with Crippen molar-refractivity contribution < 1.29 is 37.3 Å². The van der Waals surface area contributed by atoms with Crippen LogP contribution >= 0.6 is 11.6 Å². The maximum Gasteiger partial charge on any atom is 0.323 e. The summed E-state index contributed by atoms with van der Waals surface area (Å²) in [6, 6.07) is 11.0. The fraction of sp³-hybridized carbons (Fsp3) is 0.259. The van der Waals surface area contributed by atoms with Gasteiger partial charge in [-0.1, -0.05) is 29.8 Å². The maximum absolute atomic E-state index is 14.2. The van der Waals surface area contributed by atoms with Crippen molar-refractivity contribution in [1.29, 1.82) is 0 Å². The van der Waals surface area contributed by atoms with Crippen LogP contribution in [0.1, 0.15) is 34.0 Å². The number of halogens is 4. The lowest BCUT2D eigenvalue weighted by Crippen LogP contribution is -2.35. The van der Waals surface area contributed by atoms with E-state index in [0.29, 0.717) is 29.7 Å². The molecular formula is C27H23ClF3NO5. The SMILES string of the molecule is COc1cc(C(=O)N(CC(=O)O)Cc2cccc(F)c2F)cc2c1O[C@](C)(Cc1ccc(Cl)c(F)c1)C2. The lowest BCUT2D eigenvalue weighted by atomic mass is 9.91. The zero-order valence-corrected chi connectivity index (χ0v) is 20.7. The van der Waals surface area contributed by atoms with Gasteiger partial charge < -0.3 is 19.5 Å². The van der Waals surface area contributed by atoms with E-state index in [2.05, 4.69) is 0 Å². The molecule has 1 aliphatic rings. The molecule has 194 valence electrons. The number of amides is 1. The number of carbonyl (C=O) groups excluding carboxylic acids is 1. The van der Waals surface area contributed by atoms with Gasteiger partial charge in [0, 0.05) is 36.1 Å². The van der Waals surface area contributed by atoms with Crippen LogP contribution in [0.25, 0.3) is 0 Å². The molecule has 10 heteroatoms. The van der Waals surface area contributed by atoms with Crippen LogP contribution < -0.4 is 9.47 Å². The number of ether oxygens (including phenoxy) is 2. The summed E-state index contributed by atoms with van der Waals surface area (Å²) in [4.78, 5) is 25.7. The highest BCUT2D eigenvalue weighted by atomic mass is 35.5. The molecule has 0 bridgehead atoms. The second kappa shape index (κ2) is 10.3. The topological polar surface area (TPSA) is 76.1 Å². The smallest absolute Gasteiger partial charge is 0.323 e. The van der Waals surface area contributed by atoms with E-state index in [1.165, 1.54) is 37.4 Å². The zero-order valence-electron chi connectivity index (χ0n) is 20.0. The fourth-order valence-electron chi connectivity index (χ4n) is 4.47. The summed E-state index contributed by atoms with van der Waals surface area (Å²) in [5.74, 6) is -4.16. The van der Waals surface area contributed by atoms with Gasteiger partial charge in [0.2, 0.25) is 0 Å². The number of rotatable bonds is 8. The highest BCUT2D eigenvalue weighted by Crippen LogP contribution is 2.44. The summed E-state index contributed by atoms with van der Waals surface area (Å²) in [5.41, 5.74) is 0.445. The van der Waals surface area contributed by atoms with Crippen molar-refractivity contribution in [2.75, 3.05) is 13.7 Å². The number of benzene rings is 3. The van der Waals surface area contributed by atoms with Crippen LogP contribution in [0.5, 0.6) is 11.5 Å². The zero-order chi connectivity index (χ0) is 26.9. The molecule has 1 heterocycles. The highest BCUT2D eigenvalue weighted by Gasteiger charge is 2.38. The van der Waals surface area contributed by atoms with Gasteiger partial charge in [0.15, 0.2) is 23.1 Å². The summed E-state index contributed by atoms with van der Waals surface area (Å²) in [6.45, 7) is 0.652. The van der Waals surface area contributed by atoms with E-state index in [9.17, 15) is 27.9 Å². The van der Waals surface area contributed by atoms with E-state index in [1.807, 2.05) is 6.92 Å². The Balaban J connectivity index is 1.63. The van der Waals surface area contributed by atoms with Crippen molar-refractivity contribution in [2.45, 2.75) is 31.9 Å². The van der Waals surface area contributed by atoms with Crippen molar-refractivity contribution >= 4 is 23.5 Å². The first-order chi connectivity index (χ1) is 17.5. The lowest BCUT2D eigenvalue weighted by molar-refractivity contribution is -0.137. The van der Waals surface area contributed by atoms with E-state index in [4.69, 9.17) is 21.1 Å². The summed E-state index contributed by atoms with van der Waals surface area (Å²) in [7, 11) is 1.40. The molecule has 0 saturated carbocycles. The molecule has 0 aromatic heterocycles. The Kier molecular flexibility index (Phi) is 7.36. The molecule has 0 fully saturated rings. The van der Waals surface area contributed by atoms with Crippen molar-refractivity contribution in [3.8, 4) is 11.5 Å². The molecule has 1 atom stereocenters. The van der Waals surface area contributed by atoms with E-state index >= 15 is 0 Å². The Morgan fingerprint density at radius 1 is 1.14 bits per heavy atom. The van der Waals surface area contributed by atoms with Crippen LogP contribution in [0.4, 0.5) is 13.2 Å². The average Bonchev–Trinajstić information content (AvgIpc) is 3.18. The number of hydrogen-bond donors (Lipinski definition) is 1. The quantitative estimate of drug-likeness (QED) is 0.418. The molecule has 37 heavy (non-hydrogen) atoms. The number of carboxylic acid groups (broad SMARTS) is 1. The summed E-state index contributed by atoms with van der Waals surface area (Å²) >= 11 is 5.78. The van der Waals surface area contributed by atoms with Crippen molar-refractivity contribution in [3.05, 3.63) is 93.3 Å². The van der Waals surface area contributed by atoms with Gasteiger partial charge in [0.05, 0.1) is 12.1 Å². The molecule has 3 aromatic rings. The molecule has 0 radical (unpaired) electrons. The minimum Gasteiger partial charge on any atom is -0.493 e. The van der Waals surface area contributed by atoms with Gasteiger partial charge in [0.1, 0.15) is 18.0 Å². The number of fused-ring (bicyclic) bond motifs is 1. The average molecular weight is 534 g/mol. The second-order valence-electron chi connectivity index (χ2n) is 9.09. The molecule has 1 aliphatic heterocycles. The van der Waals surface area contributed by atoms with Gasteiger partial charge >= 0.3 is 5.97 Å². The van der Waals surface area contributed by atoms with E-state index in [1.54, 1.807) is 12.1 Å². The Morgan fingerprint density at radius 3 is 2.57 bits per heavy atom. The first kappa shape index (κ1) is 26.3. The van der Waals surface area contributed by atoms with E-state index in [0.717, 1.165) is 11.0 Å². The molecule has 1 amide bonds. The predicted molar refractivity (Wildman–Crippen MR) is 130 cm³/mol. The number of nitrogens with zero attached hydrogens (tertiary/aromatic N) is 1. The molecular weight excluding hydrogens is 511 g/mol. The second-order valence-corrected chi connectivity index (χ2v) is 9.50. The fourth-order valence-corrected chi connectivity index (χ4v) is 4.59. The maximum atomic E-state index is 14.2. The summed E-state index contributed by atoms with van der Waals surface area (Å²) in [5, 5.41) is 9.35. The Hall–Kier alpha value is -3.72. The van der Waals surface area contributed by atoms with Crippen LogP contribution in [0.2, 0.25) is 5.02 Å². The molecule has 0 saturated heterocycles. The number of methoxy groups -OCH3 is 1. The van der Waals surface area contributed by atoms with Crippen molar-refractivity contribution in [3.63, 3.8) is 0 Å². The molecule has 3 aromatic carbocycles. The minimum absolute atomic E-state index is 0.0124. The van der Waals surface area contributed by atoms with Crippen LogP contribution in [0.3, 0.4) is 0 Å². The molecule has 1 N–H and O–H groups in total. The van der Waals surface area contributed by atoms with Gasteiger partial charge in [0.25, 0.3) is 5.91 Å². The normalized spacial score (nSPS) is 16.2. The van der Waals surface area contributed by atoms with Crippen LogP contribution in [-0.4, -0.2) is 41.1 Å². The van der Waals surface area contributed by atoms with Crippen LogP contribution in [-0.2, 0) is 24.2 Å². The molecule has 0 aliphatic carbocycles. The lowest BCUT2D eigenvalue weighted by Gasteiger charge is -2.24. The van der Waals surface area contributed by atoms with Gasteiger partial charge in [-0.05, 0) is 42.8 Å². The predicted octanol–water partition coefficient (Wildman–Crippen LogP) is 5.43.